The van der Waals surface area contributed by atoms with E-state index < -0.39 is 28.5 Å². The summed E-state index contributed by atoms with van der Waals surface area (Å²) >= 11 is 3.32. The van der Waals surface area contributed by atoms with Gasteiger partial charge in [0.25, 0.3) is 5.91 Å². The van der Waals surface area contributed by atoms with Gasteiger partial charge in [-0.15, -0.1) is 0 Å². The maximum absolute atomic E-state index is 12.8. The Morgan fingerprint density at radius 2 is 1.87 bits per heavy atom. The summed E-state index contributed by atoms with van der Waals surface area (Å²) in [7, 11) is -3.75. The summed E-state index contributed by atoms with van der Waals surface area (Å²) < 4.78 is 38.0. The van der Waals surface area contributed by atoms with Crippen LogP contribution in [0.15, 0.2) is 51.8 Å². The fraction of sp³-hybridized carbons (Fsp3) is 0.300. The van der Waals surface area contributed by atoms with Crippen molar-refractivity contribution in [2.45, 2.75) is 11.8 Å². The molecule has 1 heterocycles. The molecule has 8 nitrogen and oxygen atoms in total. The van der Waals surface area contributed by atoms with Crippen LogP contribution in [0.5, 0.6) is 0 Å². The van der Waals surface area contributed by atoms with Gasteiger partial charge in [-0.1, -0.05) is 18.2 Å². The highest BCUT2D eigenvalue weighted by Gasteiger charge is 2.27. The molecular weight excluding hydrogens is 476 g/mol. The molecule has 2 aromatic carbocycles. The molecule has 0 aromatic heterocycles. The van der Waals surface area contributed by atoms with Gasteiger partial charge in [-0.05, 0) is 52.7 Å². The van der Waals surface area contributed by atoms with Crippen molar-refractivity contribution >= 4 is 43.5 Å². The second kappa shape index (κ2) is 9.69. The first-order chi connectivity index (χ1) is 14.3. The number of amides is 1. The van der Waals surface area contributed by atoms with Crippen LogP contribution in [0.4, 0.5) is 5.69 Å². The number of aryl methyl sites for hydroxylation is 1. The van der Waals surface area contributed by atoms with Crippen LogP contribution in [-0.2, 0) is 24.3 Å². The van der Waals surface area contributed by atoms with Gasteiger partial charge in [0.05, 0.1) is 29.4 Å². The number of hydrogen-bond donors (Lipinski definition) is 1. The second-order valence-corrected chi connectivity index (χ2v) is 9.39. The molecule has 3 rings (SSSR count). The van der Waals surface area contributed by atoms with E-state index in [2.05, 4.69) is 21.2 Å². The Labute approximate surface area is 183 Å². The largest absolute Gasteiger partial charge is 0.452 e. The maximum atomic E-state index is 12.8. The Balaban J connectivity index is 1.69. The van der Waals surface area contributed by atoms with Gasteiger partial charge in [0.1, 0.15) is 0 Å². The fourth-order valence-electron chi connectivity index (χ4n) is 2.88. The van der Waals surface area contributed by atoms with Crippen LogP contribution < -0.4 is 5.32 Å². The Morgan fingerprint density at radius 3 is 2.57 bits per heavy atom. The number of benzene rings is 2. The number of nitrogens with one attached hydrogen (secondary N) is 1. The Hall–Kier alpha value is -2.27. The molecule has 0 radical (unpaired) electrons. The molecule has 1 N–H and O–H groups in total. The molecule has 0 bridgehead atoms. The number of halogens is 1. The molecule has 2 aromatic rings. The first-order valence-electron chi connectivity index (χ1n) is 9.19. The molecule has 1 amide bonds. The lowest BCUT2D eigenvalue weighted by Crippen LogP contribution is -2.40. The van der Waals surface area contributed by atoms with Gasteiger partial charge in [0.15, 0.2) is 6.61 Å². The van der Waals surface area contributed by atoms with Gasteiger partial charge in [-0.25, -0.2) is 13.2 Å². The predicted molar refractivity (Wildman–Crippen MR) is 114 cm³/mol. The molecule has 1 fully saturated rings. The monoisotopic (exact) mass is 496 g/mol. The summed E-state index contributed by atoms with van der Waals surface area (Å²) in [5.41, 5.74) is 1.19. The molecule has 1 aliphatic rings. The quantitative estimate of drug-likeness (QED) is 0.616. The Bertz CT molecular complexity index is 1050. The van der Waals surface area contributed by atoms with Crippen molar-refractivity contribution in [3.05, 3.63) is 58.1 Å². The maximum Gasteiger partial charge on any atom is 0.338 e. The molecule has 160 valence electrons. The topological polar surface area (TPSA) is 102 Å². The molecule has 1 aliphatic heterocycles. The van der Waals surface area contributed by atoms with Gasteiger partial charge >= 0.3 is 5.97 Å². The fourth-order valence-corrected chi connectivity index (χ4v) is 4.69. The molecule has 0 saturated carbocycles. The van der Waals surface area contributed by atoms with E-state index in [9.17, 15) is 18.0 Å². The third-order valence-corrected chi connectivity index (χ3v) is 7.11. The van der Waals surface area contributed by atoms with E-state index in [0.717, 1.165) is 0 Å². The number of para-hydroxylation sites is 1. The lowest BCUT2D eigenvalue weighted by Gasteiger charge is -2.26. The minimum Gasteiger partial charge on any atom is -0.452 e. The molecular formula is C20H21BrN2O6S. The SMILES string of the molecule is Cc1ccc(S(=O)(=O)N2CCOCC2)cc1C(=O)OCC(=O)Nc1ccccc1Br. The standard InChI is InChI=1S/C20H21BrN2O6S/c1-14-6-7-15(30(26,27)23-8-10-28-11-9-23)12-16(14)20(25)29-13-19(24)22-18-5-3-2-4-17(18)21/h2-7,12H,8-11,13H2,1H3,(H,22,24). The van der Waals surface area contributed by atoms with Crippen molar-refractivity contribution < 1.29 is 27.5 Å². The van der Waals surface area contributed by atoms with Crippen LogP contribution in [0.1, 0.15) is 15.9 Å². The van der Waals surface area contributed by atoms with E-state index in [-0.39, 0.29) is 23.5 Å². The lowest BCUT2D eigenvalue weighted by atomic mass is 10.1. The molecule has 30 heavy (non-hydrogen) atoms. The highest BCUT2D eigenvalue weighted by Crippen LogP contribution is 2.22. The number of anilines is 1. The number of sulfonamides is 1. The molecule has 0 spiro atoms. The summed E-state index contributed by atoms with van der Waals surface area (Å²) in [6, 6.07) is 11.3. The van der Waals surface area contributed by atoms with Crippen molar-refractivity contribution in [3.8, 4) is 0 Å². The third-order valence-electron chi connectivity index (χ3n) is 4.52. The summed E-state index contributed by atoms with van der Waals surface area (Å²) in [4.78, 5) is 24.6. The molecule has 0 aliphatic carbocycles. The smallest absolute Gasteiger partial charge is 0.338 e. The first kappa shape index (κ1) is 22.4. The zero-order chi connectivity index (χ0) is 21.7. The number of esters is 1. The van der Waals surface area contributed by atoms with E-state index in [0.29, 0.717) is 28.9 Å². The van der Waals surface area contributed by atoms with E-state index in [1.165, 1.54) is 16.4 Å². The number of rotatable bonds is 6. The number of carbonyl (C=O) groups excluding carboxylic acids is 2. The van der Waals surface area contributed by atoms with Crippen molar-refractivity contribution in [2.75, 3.05) is 38.2 Å². The number of carbonyl (C=O) groups is 2. The minimum absolute atomic E-state index is 0.000354. The Morgan fingerprint density at radius 1 is 1.17 bits per heavy atom. The lowest BCUT2D eigenvalue weighted by molar-refractivity contribution is -0.119. The van der Waals surface area contributed by atoms with Gasteiger partial charge in [-0.3, -0.25) is 4.79 Å². The molecule has 1 saturated heterocycles. The predicted octanol–water partition coefficient (Wildman–Crippen LogP) is 2.57. The summed E-state index contributed by atoms with van der Waals surface area (Å²) in [6.45, 7) is 2.33. The van der Waals surface area contributed by atoms with Crippen LogP contribution >= 0.6 is 15.9 Å². The number of hydrogen-bond acceptors (Lipinski definition) is 6. The van der Waals surface area contributed by atoms with Gasteiger partial charge in [-0.2, -0.15) is 4.31 Å². The van der Waals surface area contributed by atoms with Gasteiger partial charge in [0, 0.05) is 17.6 Å². The minimum atomic E-state index is -3.75. The Kier molecular flexibility index (Phi) is 7.24. The zero-order valence-corrected chi connectivity index (χ0v) is 18.7. The molecule has 0 atom stereocenters. The third kappa shape index (κ3) is 5.25. The van der Waals surface area contributed by atoms with Gasteiger partial charge in [0.2, 0.25) is 10.0 Å². The molecule has 0 unspecified atom stereocenters. The van der Waals surface area contributed by atoms with Crippen LogP contribution in [0, 0.1) is 6.92 Å². The number of nitrogens with zero attached hydrogens (tertiary/aromatic N) is 1. The number of morpholine rings is 1. The summed E-state index contributed by atoms with van der Waals surface area (Å²) in [5.74, 6) is -1.28. The second-order valence-electron chi connectivity index (χ2n) is 6.60. The van der Waals surface area contributed by atoms with Crippen LogP contribution in [0.25, 0.3) is 0 Å². The van der Waals surface area contributed by atoms with Gasteiger partial charge < -0.3 is 14.8 Å². The highest BCUT2D eigenvalue weighted by atomic mass is 79.9. The molecule has 10 heteroatoms. The normalized spacial score (nSPS) is 14.9. The first-order valence-corrected chi connectivity index (χ1v) is 11.4. The van der Waals surface area contributed by atoms with E-state index in [1.807, 2.05) is 0 Å². The summed E-state index contributed by atoms with van der Waals surface area (Å²) in [5, 5.41) is 2.63. The van der Waals surface area contributed by atoms with Crippen molar-refractivity contribution in [2.24, 2.45) is 0 Å². The van der Waals surface area contributed by atoms with Crippen LogP contribution in [-0.4, -0.2) is 57.5 Å². The highest BCUT2D eigenvalue weighted by molar-refractivity contribution is 9.10. The number of ether oxygens (including phenoxy) is 2. The van der Waals surface area contributed by atoms with Crippen LogP contribution in [0.2, 0.25) is 0 Å². The van der Waals surface area contributed by atoms with Crippen molar-refractivity contribution in [1.82, 2.24) is 4.31 Å². The average Bonchev–Trinajstić information content (AvgIpc) is 2.74. The average molecular weight is 497 g/mol. The van der Waals surface area contributed by atoms with E-state index >= 15 is 0 Å². The van der Waals surface area contributed by atoms with Crippen molar-refractivity contribution in [1.29, 1.82) is 0 Å². The van der Waals surface area contributed by atoms with E-state index in [1.54, 1.807) is 37.3 Å². The summed E-state index contributed by atoms with van der Waals surface area (Å²) in [6.07, 6.45) is 0. The van der Waals surface area contributed by atoms with E-state index in [4.69, 9.17) is 9.47 Å². The van der Waals surface area contributed by atoms with Crippen molar-refractivity contribution in [3.63, 3.8) is 0 Å². The zero-order valence-electron chi connectivity index (χ0n) is 16.3. The van der Waals surface area contributed by atoms with Crippen LogP contribution in [0.3, 0.4) is 0 Å².